The zero-order valence-electron chi connectivity index (χ0n) is 12.8. The predicted molar refractivity (Wildman–Crippen MR) is 76.1 cm³/mol. The van der Waals surface area contributed by atoms with E-state index >= 15 is 0 Å². The lowest BCUT2D eigenvalue weighted by molar-refractivity contribution is 0.00609. The van der Waals surface area contributed by atoms with E-state index in [0.717, 1.165) is 12.8 Å². The van der Waals surface area contributed by atoms with Crippen LogP contribution in [0.5, 0.6) is 0 Å². The van der Waals surface area contributed by atoms with Crippen molar-refractivity contribution in [2.75, 3.05) is 20.3 Å². The Labute approximate surface area is 117 Å². The molecule has 4 nitrogen and oxygen atoms in total. The van der Waals surface area contributed by atoms with Gasteiger partial charge in [0.25, 0.3) is 0 Å². The monoisotopic (exact) mass is 271 g/mol. The molecule has 1 N–H and O–H groups in total. The number of hydrogen-bond donors (Lipinski definition) is 1. The number of carbonyl (C=O) groups is 1. The molecule has 1 saturated carbocycles. The second-order valence-corrected chi connectivity index (χ2v) is 6.04. The first-order valence-corrected chi connectivity index (χ1v) is 7.48. The smallest absolute Gasteiger partial charge is 0.407 e. The van der Waals surface area contributed by atoms with Crippen LogP contribution in [0.15, 0.2) is 0 Å². The first-order chi connectivity index (χ1) is 9.04. The van der Waals surface area contributed by atoms with E-state index in [1.165, 1.54) is 12.8 Å². The number of carbonyl (C=O) groups excluding carboxylic acids is 1. The van der Waals surface area contributed by atoms with Gasteiger partial charge in [0.05, 0.1) is 0 Å². The van der Waals surface area contributed by atoms with E-state index in [2.05, 4.69) is 26.1 Å². The molecule has 0 spiro atoms. The van der Waals surface area contributed by atoms with Crippen LogP contribution in [0.1, 0.15) is 46.5 Å². The molecule has 0 bridgehead atoms. The van der Waals surface area contributed by atoms with Crippen molar-refractivity contribution in [2.45, 2.75) is 52.6 Å². The number of nitrogens with one attached hydrogen (secondary N) is 1. The van der Waals surface area contributed by atoms with Crippen molar-refractivity contribution in [1.82, 2.24) is 5.32 Å². The highest BCUT2D eigenvalue weighted by Crippen LogP contribution is 2.35. The first kappa shape index (κ1) is 16.3. The van der Waals surface area contributed by atoms with Crippen LogP contribution in [0.2, 0.25) is 0 Å². The standard InChI is InChI=1S/C15H29NO3/c1-11(2)13-7-6-12(3)10-14(13)19-15(17)16-8-5-9-18-4/h11-14H,5-10H2,1-4H3,(H,16,17)/t12-,13?,14-/m0/s1. The van der Waals surface area contributed by atoms with Gasteiger partial charge in [0, 0.05) is 20.3 Å². The van der Waals surface area contributed by atoms with Gasteiger partial charge in [-0.15, -0.1) is 0 Å². The molecule has 0 aromatic carbocycles. The molecule has 1 unspecified atom stereocenters. The molecule has 1 aliphatic carbocycles. The van der Waals surface area contributed by atoms with Gasteiger partial charge in [0.15, 0.2) is 0 Å². The fourth-order valence-corrected chi connectivity index (χ4v) is 2.84. The highest BCUT2D eigenvalue weighted by atomic mass is 16.6. The Bertz CT molecular complexity index is 268. The van der Waals surface area contributed by atoms with Crippen LogP contribution in [-0.2, 0) is 9.47 Å². The topological polar surface area (TPSA) is 47.6 Å². The minimum atomic E-state index is -0.277. The normalized spacial score (nSPS) is 27.3. The van der Waals surface area contributed by atoms with Gasteiger partial charge in [0.2, 0.25) is 0 Å². The molecule has 1 amide bonds. The van der Waals surface area contributed by atoms with Crippen LogP contribution in [0, 0.1) is 17.8 Å². The summed E-state index contributed by atoms with van der Waals surface area (Å²) in [5.74, 6) is 1.72. The molecular weight excluding hydrogens is 242 g/mol. The van der Waals surface area contributed by atoms with E-state index < -0.39 is 0 Å². The zero-order chi connectivity index (χ0) is 14.3. The number of hydrogen-bond acceptors (Lipinski definition) is 3. The van der Waals surface area contributed by atoms with Gasteiger partial charge in [-0.2, -0.15) is 0 Å². The number of methoxy groups -OCH3 is 1. The summed E-state index contributed by atoms with van der Waals surface area (Å²) in [6.45, 7) is 7.95. The van der Waals surface area contributed by atoms with Crippen molar-refractivity contribution < 1.29 is 14.3 Å². The molecule has 0 aromatic rings. The van der Waals surface area contributed by atoms with Crippen LogP contribution in [0.3, 0.4) is 0 Å². The van der Waals surface area contributed by atoms with Crippen LogP contribution in [-0.4, -0.2) is 32.5 Å². The third kappa shape index (κ3) is 5.81. The summed E-state index contributed by atoms with van der Waals surface area (Å²) in [7, 11) is 1.66. The molecule has 0 saturated heterocycles. The lowest BCUT2D eigenvalue weighted by Gasteiger charge is -2.36. The van der Waals surface area contributed by atoms with Gasteiger partial charge >= 0.3 is 6.09 Å². The van der Waals surface area contributed by atoms with Crippen molar-refractivity contribution in [3.63, 3.8) is 0 Å². The lowest BCUT2D eigenvalue weighted by atomic mass is 9.75. The molecule has 4 heteroatoms. The maximum atomic E-state index is 11.8. The second-order valence-electron chi connectivity index (χ2n) is 6.04. The first-order valence-electron chi connectivity index (χ1n) is 7.48. The summed E-state index contributed by atoms with van der Waals surface area (Å²) in [5, 5.41) is 2.80. The second kappa shape index (κ2) is 8.41. The van der Waals surface area contributed by atoms with Crippen molar-refractivity contribution in [3.05, 3.63) is 0 Å². The molecule has 3 atom stereocenters. The van der Waals surface area contributed by atoms with Gasteiger partial charge in [-0.25, -0.2) is 4.79 Å². The maximum absolute atomic E-state index is 11.8. The van der Waals surface area contributed by atoms with Gasteiger partial charge in [-0.1, -0.05) is 27.2 Å². The molecule has 0 radical (unpaired) electrons. The fourth-order valence-electron chi connectivity index (χ4n) is 2.84. The summed E-state index contributed by atoms with van der Waals surface area (Å²) >= 11 is 0. The van der Waals surface area contributed by atoms with Crippen molar-refractivity contribution in [2.24, 2.45) is 17.8 Å². The molecule has 1 aliphatic rings. The van der Waals surface area contributed by atoms with E-state index in [4.69, 9.17) is 9.47 Å². The third-order valence-corrected chi connectivity index (χ3v) is 4.01. The summed E-state index contributed by atoms with van der Waals surface area (Å²) in [6.07, 6.45) is 4.03. The number of ether oxygens (including phenoxy) is 2. The number of rotatable bonds is 6. The molecule has 1 rings (SSSR count). The van der Waals surface area contributed by atoms with Crippen molar-refractivity contribution in [1.29, 1.82) is 0 Å². The molecule has 112 valence electrons. The molecule has 1 fully saturated rings. The van der Waals surface area contributed by atoms with Crippen LogP contribution < -0.4 is 5.32 Å². The van der Waals surface area contributed by atoms with E-state index in [1.54, 1.807) is 7.11 Å². The highest BCUT2D eigenvalue weighted by molar-refractivity contribution is 5.67. The number of alkyl carbamates (subject to hydrolysis) is 1. The summed E-state index contributed by atoms with van der Waals surface area (Å²) in [6, 6.07) is 0. The Balaban J connectivity index is 2.36. The van der Waals surface area contributed by atoms with E-state index in [1.807, 2.05) is 0 Å². The van der Waals surface area contributed by atoms with E-state index in [-0.39, 0.29) is 12.2 Å². The molecule has 0 aromatic heterocycles. The Morgan fingerprint density at radius 1 is 1.37 bits per heavy atom. The van der Waals surface area contributed by atoms with Crippen LogP contribution in [0.25, 0.3) is 0 Å². The SMILES string of the molecule is COCCCNC(=O)O[C@H]1C[C@@H](C)CCC1C(C)C. The molecule has 0 heterocycles. The molecule has 19 heavy (non-hydrogen) atoms. The largest absolute Gasteiger partial charge is 0.446 e. The summed E-state index contributed by atoms with van der Waals surface area (Å²) < 4.78 is 10.6. The quantitative estimate of drug-likeness (QED) is 0.755. The number of amides is 1. The predicted octanol–water partition coefficient (Wildman–Crippen LogP) is 3.21. The van der Waals surface area contributed by atoms with Crippen molar-refractivity contribution in [3.8, 4) is 0 Å². The Morgan fingerprint density at radius 2 is 2.11 bits per heavy atom. The minimum absolute atomic E-state index is 0.0752. The van der Waals surface area contributed by atoms with Gasteiger partial charge in [0.1, 0.15) is 6.10 Å². The van der Waals surface area contributed by atoms with Gasteiger partial charge < -0.3 is 14.8 Å². The lowest BCUT2D eigenvalue weighted by Crippen LogP contribution is -2.39. The fraction of sp³-hybridized carbons (Fsp3) is 0.933. The van der Waals surface area contributed by atoms with Crippen molar-refractivity contribution >= 4 is 6.09 Å². The summed E-state index contributed by atoms with van der Waals surface area (Å²) in [5.41, 5.74) is 0. The molecular formula is C15H29NO3. The highest BCUT2D eigenvalue weighted by Gasteiger charge is 2.33. The maximum Gasteiger partial charge on any atom is 0.407 e. The van der Waals surface area contributed by atoms with Gasteiger partial charge in [-0.3, -0.25) is 0 Å². The molecule has 0 aliphatic heterocycles. The summed E-state index contributed by atoms with van der Waals surface area (Å²) in [4.78, 5) is 11.8. The van der Waals surface area contributed by atoms with Crippen LogP contribution >= 0.6 is 0 Å². The average molecular weight is 271 g/mol. The average Bonchev–Trinajstić information content (AvgIpc) is 2.34. The third-order valence-electron chi connectivity index (χ3n) is 4.01. The Morgan fingerprint density at radius 3 is 2.74 bits per heavy atom. The Hall–Kier alpha value is -0.770. The Kier molecular flexibility index (Phi) is 7.21. The minimum Gasteiger partial charge on any atom is -0.446 e. The zero-order valence-corrected chi connectivity index (χ0v) is 12.8. The van der Waals surface area contributed by atoms with Gasteiger partial charge in [-0.05, 0) is 37.0 Å². The van der Waals surface area contributed by atoms with E-state index in [9.17, 15) is 4.79 Å². The van der Waals surface area contributed by atoms with Crippen LogP contribution in [0.4, 0.5) is 4.79 Å². The van der Waals surface area contributed by atoms with E-state index in [0.29, 0.717) is 30.9 Å².